The first-order valence-corrected chi connectivity index (χ1v) is 3.95. The molecule has 1 aliphatic carbocycles. The van der Waals surface area contributed by atoms with Crippen LogP contribution in [0.25, 0.3) is 0 Å². The van der Waals surface area contributed by atoms with E-state index in [1.54, 1.807) is 0 Å². The van der Waals surface area contributed by atoms with Crippen molar-refractivity contribution >= 4 is 5.78 Å². The fourth-order valence-electron chi connectivity index (χ4n) is 0.999. The number of nitrogens with two attached hydrogens (primary N) is 1. The molecule has 2 N–H and O–H groups in total. The van der Waals surface area contributed by atoms with Crippen LogP contribution < -0.4 is 5.73 Å². The van der Waals surface area contributed by atoms with E-state index in [0.29, 0.717) is 18.8 Å². The third-order valence-electron chi connectivity index (χ3n) is 1.94. The second kappa shape index (κ2) is 3.54. The molecule has 0 aromatic rings. The maximum Gasteiger partial charge on any atom is 0.150 e. The zero-order valence-electron chi connectivity index (χ0n) is 6.55. The first kappa shape index (κ1) is 8.29. The van der Waals surface area contributed by atoms with Crippen LogP contribution in [0.1, 0.15) is 25.7 Å². The van der Waals surface area contributed by atoms with Gasteiger partial charge in [0.05, 0.1) is 6.04 Å². The Morgan fingerprint density at radius 1 is 1.73 bits per heavy atom. The second-order valence-electron chi connectivity index (χ2n) is 3.13. The molecule has 1 rings (SSSR count). The van der Waals surface area contributed by atoms with Gasteiger partial charge >= 0.3 is 0 Å². The van der Waals surface area contributed by atoms with Gasteiger partial charge in [-0.05, 0) is 18.8 Å². The maximum absolute atomic E-state index is 11.2. The number of carbonyl (C=O) groups excluding carboxylic acids is 1. The van der Waals surface area contributed by atoms with E-state index in [2.05, 4.69) is 5.92 Å². The van der Waals surface area contributed by atoms with Crippen LogP contribution in [-0.2, 0) is 4.79 Å². The Labute approximate surface area is 67.2 Å². The van der Waals surface area contributed by atoms with Gasteiger partial charge in [-0.3, -0.25) is 4.79 Å². The molecule has 0 saturated heterocycles. The molecule has 2 heteroatoms. The van der Waals surface area contributed by atoms with Gasteiger partial charge in [-0.25, -0.2) is 0 Å². The predicted octanol–water partition coefficient (Wildman–Crippen LogP) is 0.706. The fraction of sp³-hybridized carbons (Fsp3) is 0.667. The monoisotopic (exact) mass is 151 g/mol. The molecular formula is C9H13NO. The normalized spacial score (nSPS) is 18.9. The van der Waals surface area contributed by atoms with E-state index in [4.69, 9.17) is 12.2 Å². The molecule has 0 bridgehead atoms. The Balaban J connectivity index is 2.22. The standard InChI is InChI=1S/C9H13NO/c1-2-3-8(10)9(11)6-7-4-5-7/h1,7-8H,3-6,10H2. The van der Waals surface area contributed by atoms with Crippen LogP contribution in [-0.4, -0.2) is 11.8 Å². The zero-order valence-corrected chi connectivity index (χ0v) is 6.55. The molecule has 1 saturated carbocycles. The van der Waals surface area contributed by atoms with Crippen LogP contribution in [0.5, 0.6) is 0 Å². The van der Waals surface area contributed by atoms with E-state index < -0.39 is 6.04 Å². The summed E-state index contributed by atoms with van der Waals surface area (Å²) in [4.78, 5) is 11.2. The highest BCUT2D eigenvalue weighted by atomic mass is 16.1. The highest BCUT2D eigenvalue weighted by Crippen LogP contribution is 2.32. The minimum Gasteiger partial charge on any atom is -0.321 e. The summed E-state index contributed by atoms with van der Waals surface area (Å²) in [7, 11) is 0. The number of Topliss-reactive ketones (excluding diaryl/α,β-unsaturated/α-hetero) is 1. The van der Waals surface area contributed by atoms with Crippen LogP contribution in [0, 0.1) is 18.3 Å². The minimum absolute atomic E-state index is 0.130. The van der Waals surface area contributed by atoms with E-state index in [-0.39, 0.29) is 5.78 Å². The number of ketones is 1. The van der Waals surface area contributed by atoms with Gasteiger partial charge in [-0.1, -0.05) is 0 Å². The van der Waals surface area contributed by atoms with Crippen molar-refractivity contribution in [3.63, 3.8) is 0 Å². The molecule has 1 fully saturated rings. The Hall–Kier alpha value is -0.810. The average Bonchev–Trinajstić information content (AvgIpc) is 2.72. The number of hydrogen-bond acceptors (Lipinski definition) is 2. The molecule has 0 amide bonds. The Bertz CT molecular complexity index is 188. The third-order valence-corrected chi connectivity index (χ3v) is 1.94. The van der Waals surface area contributed by atoms with Crippen LogP contribution >= 0.6 is 0 Å². The quantitative estimate of drug-likeness (QED) is 0.601. The molecule has 0 aromatic heterocycles. The molecule has 60 valence electrons. The van der Waals surface area contributed by atoms with E-state index in [9.17, 15) is 4.79 Å². The van der Waals surface area contributed by atoms with Crippen LogP contribution in [0.15, 0.2) is 0 Å². The minimum atomic E-state index is -0.416. The molecule has 0 radical (unpaired) electrons. The lowest BCUT2D eigenvalue weighted by Gasteiger charge is -2.04. The molecule has 0 aromatic carbocycles. The van der Waals surface area contributed by atoms with E-state index in [0.717, 1.165) is 0 Å². The van der Waals surface area contributed by atoms with Gasteiger partial charge in [0.25, 0.3) is 0 Å². The largest absolute Gasteiger partial charge is 0.321 e. The summed E-state index contributed by atoms with van der Waals surface area (Å²) >= 11 is 0. The van der Waals surface area contributed by atoms with Crippen molar-refractivity contribution in [2.75, 3.05) is 0 Å². The number of rotatable bonds is 4. The Morgan fingerprint density at radius 2 is 2.36 bits per heavy atom. The molecule has 2 nitrogen and oxygen atoms in total. The summed E-state index contributed by atoms with van der Waals surface area (Å²) in [6.45, 7) is 0. The molecule has 1 atom stereocenters. The number of terminal acetylenes is 1. The lowest BCUT2D eigenvalue weighted by Crippen LogP contribution is -2.30. The van der Waals surface area contributed by atoms with E-state index in [1.807, 2.05) is 0 Å². The van der Waals surface area contributed by atoms with Crippen molar-refractivity contribution in [3.05, 3.63) is 0 Å². The SMILES string of the molecule is C#CCC(N)C(=O)CC1CC1. The van der Waals surface area contributed by atoms with Gasteiger partial charge < -0.3 is 5.73 Å². The Kier molecular flexibility index (Phi) is 2.67. The van der Waals surface area contributed by atoms with E-state index >= 15 is 0 Å². The summed E-state index contributed by atoms with van der Waals surface area (Å²) in [5.41, 5.74) is 5.51. The van der Waals surface area contributed by atoms with Crippen LogP contribution in [0.4, 0.5) is 0 Å². The number of carbonyl (C=O) groups is 1. The molecule has 1 unspecified atom stereocenters. The molecule has 11 heavy (non-hydrogen) atoms. The van der Waals surface area contributed by atoms with Gasteiger partial charge in [0.2, 0.25) is 0 Å². The highest BCUT2D eigenvalue weighted by Gasteiger charge is 2.26. The van der Waals surface area contributed by atoms with Gasteiger partial charge in [-0.2, -0.15) is 0 Å². The Morgan fingerprint density at radius 3 is 2.82 bits per heavy atom. The fourth-order valence-corrected chi connectivity index (χ4v) is 0.999. The lowest BCUT2D eigenvalue weighted by molar-refractivity contribution is -0.120. The molecule has 0 heterocycles. The van der Waals surface area contributed by atoms with Crippen molar-refractivity contribution < 1.29 is 4.79 Å². The first-order chi connectivity index (χ1) is 5.24. The van der Waals surface area contributed by atoms with Crippen LogP contribution in [0.3, 0.4) is 0 Å². The van der Waals surface area contributed by atoms with Crippen molar-refractivity contribution in [1.82, 2.24) is 0 Å². The smallest absolute Gasteiger partial charge is 0.150 e. The van der Waals surface area contributed by atoms with Crippen LogP contribution in [0.2, 0.25) is 0 Å². The predicted molar refractivity (Wildman–Crippen MR) is 43.8 cm³/mol. The lowest BCUT2D eigenvalue weighted by atomic mass is 10.1. The van der Waals surface area contributed by atoms with Gasteiger partial charge in [0.15, 0.2) is 5.78 Å². The van der Waals surface area contributed by atoms with Gasteiger partial charge in [-0.15, -0.1) is 12.3 Å². The average molecular weight is 151 g/mol. The first-order valence-electron chi connectivity index (χ1n) is 3.95. The second-order valence-corrected chi connectivity index (χ2v) is 3.13. The van der Waals surface area contributed by atoms with Crippen molar-refractivity contribution in [1.29, 1.82) is 0 Å². The maximum atomic E-state index is 11.2. The molecule has 0 aliphatic heterocycles. The summed E-state index contributed by atoms with van der Waals surface area (Å²) in [5.74, 6) is 3.14. The van der Waals surface area contributed by atoms with Crippen molar-refractivity contribution in [3.8, 4) is 12.3 Å². The molecule has 1 aliphatic rings. The summed E-state index contributed by atoms with van der Waals surface area (Å²) in [5, 5.41) is 0. The topological polar surface area (TPSA) is 43.1 Å². The number of hydrogen-bond donors (Lipinski definition) is 1. The van der Waals surface area contributed by atoms with Crippen molar-refractivity contribution in [2.24, 2.45) is 11.7 Å². The summed E-state index contributed by atoms with van der Waals surface area (Å²) in [6, 6.07) is -0.416. The summed E-state index contributed by atoms with van der Waals surface area (Å²) in [6.07, 6.45) is 8.43. The zero-order chi connectivity index (χ0) is 8.27. The van der Waals surface area contributed by atoms with Gasteiger partial charge in [0.1, 0.15) is 0 Å². The van der Waals surface area contributed by atoms with Gasteiger partial charge in [0, 0.05) is 12.8 Å². The van der Waals surface area contributed by atoms with E-state index in [1.165, 1.54) is 12.8 Å². The third kappa shape index (κ3) is 2.73. The molecule has 0 spiro atoms. The molecular weight excluding hydrogens is 138 g/mol. The highest BCUT2D eigenvalue weighted by molar-refractivity contribution is 5.84. The van der Waals surface area contributed by atoms with Crippen molar-refractivity contribution in [2.45, 2.75) is 31.7 Å². The summed E-state index contributed by atoms with van der Waals surface area (Å²) < 4.78 is 0.